The molecule has 1 aliphatic heterocycles. The van der Waals surface area contributed by atoms with E-state index in [1.807, 2.05) is 12.1 Å². The van der Waals surface area contributed by atoms with Crippen LogP contribution in [0.3, 0.4) is 0 Å². The van der Waals surface area contributed by atoms with E-state index in [0.29, 0.717) is 6.61 Å². The molecule has 3 heteroatoms. The molecule has 26 heavy (non-hydrogen) atoms. The van der Waals surface area contributed by atoms with Gasteiger partial charge in [0.2, 0.25) is 0 Å². The first-order valence-electron chi connectivity index (χ1n) is 9.13. The predicted octanol–water partition coefficient (Wildman–Crippen LogP) is 5.07. The molecule has 1 fully saturated rings. The van der Waals surface area contributed by atoms with Gasteiger partial charge in [-0.1, -0.05) is 55.5 Å². The second-order valence-electron chi connectivity index (χ2n) is 6.77. The van der Waals surface area contributed by atoms with Crippen molar-refractivity contribution < 1.29 is 14.2 Å². The molecule has 2 unspecified atom stereocenters. The third-order valence-corrected chi connectivity index (χ3v) is 5.28. The Hall–Kier alpha value is -2.36. The fraction of sp³-hybridized carbons (Fsp3) is 0.304. The van der Waals surface area contributed by atoms with Gasteiger partial charge in [0.25, 0.3) is 0 Å². The Labute approximate surface area is 154 Å². The van der Waals surface area contributed by atoms with Gasteiger partial charge in [-0.25, -0.2) is 0 Å². The number of methoxy groups -OCH3 is 1. The fourth-order valence-electron chi connectivity index (χ4n) is 3.67. The summed E-state index contributed by atoms with van der Waals surface area (Å²) in [6, 6.07) is 23.0. The van der Waals surface area contributed by atoms with Crippen molar-refractivity contribution in [1.82, 2.24) is 0 Å². The zero-order valence-electron chi connectivity index (χ0n) is 15.3. The first-order chi connectivity index (χ1) is 12.7. The molecule has 0 spiro atoms. The normalized spacial score (nSPS) is 18.5. The van der Waals surface area contributed by atoms with E-state index in [9.17, 15) is 0 Å². The lowest BCUT2D eigenvalue weighted by molar-refractivity contribution is -0.0408. The molecule has 1 saturated heterocycles. The van der Waals surface area contributed by atoms with E-state index in [0.717, 1.165) is 29.9 Å². The van der Waals surface area contributed by atoms with Crippen molar-refractivity contribution in [3.63, 3.8) is 0 Å². The van der Waals surface area contributed by atoms with E-state index in [-0.39, 0.29) is 11.7 Å². The van der Waals surface area contributed by atoms with Crippen molar-refractivity contribution in [1.29, 1.82) is 0 Å². The molecular weight excluding hydrogens is 324 g/mol. The van der Waals surface area contributed by atoms with Crippen LogP contribution in [0.25, 0.3) is 10.8 Å². The molecule has 3 aromatic rings. The van der Waals surface area contributed by atoms with Crippen LogP contribution in [0.15, 0.2) is 66.7 Å². The quantitative estimate of drug-likeness (QED) is 0.559. The molecule has 0 aliphatic carbocycles. The fourth-order valence-corrected chi connectivity index (χ4v) is 3.67. The summed E-state index contributed by atoms with van der Waals surface area (Å²) in [7, 11) is 1.76. The second kappa shape index (κ2) is 7.10. The molecule has 1 aliphatic rings. The minimum Gasteiger partial charge on any atom is -0.489 e. The van der Waals surface area contributed by atoms with Crippen molar-refractivity contribution >= 4 is 10.8 Å². The summed E-state index contributed by atoms with van der Waals surface area (Å²) < 4.78 is 17.5. The Morgan fingerprint density at radius 2 is 1.81 bits per heavy atom. The highest BCUT2D eigenvalue weighted by Gasteiger charge is 2.47. The second-order valence-corrected chi connectivity index (χ2v) is 6.77. The number of ether oxygens (including phenoxy) is 3. The number of epoxide rings is 1. The van der Waals surface area contributed by atoms with Gasteiger partial charge in [-0.3, -0.25) is 0 Å². The maximum Gasteiger partial charge on any atom is 0.121 e. The summed E-state index contributed by atoms with van der Waals surface area (Å²) in [6.07, 6.45) is 0.996. The SMILES string of the molecule is CCC(OC)(c1cccc(OCc2ccc3ccccc3c2)c1)C1CO1. The van der Waals surface area contributed by atoms with Crippen molar-refractivity contribution in [2.75, 3.05) is 13.7 Å². The minimum absolute atomic E-state index is 0.133. The number of hydrogen-bond acceptors (Lipinski definition) is 3. The van der Waals surface area contributed by atoms with E-state index in [1.54, 1.807) is 7.11 Å². The number of rotatable bonds is 7. The first kappa shape index (κ1) is 17.1. The average molecular weight is 348 g/mol. The summed E-state index contributed by atoms with van der Waals surface area (Å²) in [6.45, 7) is 3.43. The highest BCUT2D eigenvalue weighted by Crippen LogP contribution is 2.41. The van der Waals surface area contributed by atoms with Gasteiger partial charge in [0.15, 0.2) is 0 Å². The van der Waals surface area contributed by atoms with Crippen LogP contribution >= 0.6 is 0 Å². The van der Waals surface area contributed by atoms with E-state index >= 15 is 0 Å². The molecule has 4 rings (SSSR count). The first-order valence-corrected chi connectivity index (χ1v) is 9.13. The molecule has 3 aromatic carbocycles. The molecule has 1 heterocycles. The largest absolute Gasteiger partial charge is 0.489 e. The van der Waals surface area contributed by atoms with Crippen LogP contribution in [0, 0.1) is 0 Å². The van der Waals surface area contributed by atoms with Crippen LogP contribution in [0.1, 0.15) is 24.5 Å². The summed E-state index contributed by atoms with van der Waals surface area (Å²) in [5.41, 5.74) is 1.89. The van der Waals surface area contributed by atoms with Crippen LogP contribution in [0.2, 0.25) is 0 Å². The molecule has 134 valence electrons. The van der Waals surface area contributed by atoms with Crippen molar-refractivity contribution in [3.05, 3.63) is 77.9 Å². The van der Waals surface area contributed by atoms with Crippen LogP contribution in [-0.2, 0) is 21.7 Å². The predicted molar refractivity (Wildman–Crippen MR) is 103 cm³/mol. The van der Waals surface area contributed by atoms with Crippen molar-refractivity contribution in [2.24, 2.45) is 0 Å². The molecule has 3 nitrogen and oxygen atoms in total. The molecule has 0 radical (unpaired) electrons. The highest BCUT2D eigenvalue weighted by molar-refractivity contribution is 5.82. The molecular formula is C23H24O3. The number of fused-ring (bicyclic) bond motifs is 1. The lowest BCUT2D eigenvalue weighted by atomic mass is 9.87. The van der Waals surface area contributed by atoms with E-state index in [2.05, 4.69) is 61.5 Å². The van der Waals surface area contributed by atoms with Gasteiger partial charge >= 0.3 is 0 Å². The number of hydrogen-bond donors (Lipinski definition) is 0. The lowest BCUT2D eigenvalue weighted by Gasteiger charge is -2.30. The third-order valence-electron chi connectivity index (χ3n) is 5.28. The third kappa shape index (κ3) is 3.20. The zero-order chi connectivity index (χ0) is 18.0. The van der Waals surface area contributed by atoms with E-state index in [1.165, 1.54) is 10.8 Å². The van der Waals surface area contributed by atoms with Gasteiger partial charge < -0.3 is 14.2 Å². The van der Waals surface area contributed by atoms with Crippen LogP contribution in [-0.4, -0.2) is 19.8 Å². The minimum atomic E-state index is -0.387. The zero-order valence-corrected chi connectivity index (χ0v) is 15.3. The van der Waals surface area contributed by atoms with Gasteiger partial charge in [-0.05, 0) is 46.5 Å². The topological polar surface area (TPSA) is 31.0 Å². The Kier molecular flexibility index (Phi) is 4.66. The number of benzene rings is 3. The Bertz CT molecular complexity index is 895. The lowest BCUT2D eigenvalue weighted by Crippen LogP contribution is -2.34. The Morgan fingerprint density at radius 3 is 2.54 bits per heavy atom. The standard InChI is InChI=1S/C23H24O3/c1-3-23(24-2,22-16-26-22)20-9-6-10-21(14-20)25-15-17-11-12-18-7-4-5-8-19(18)13-17/h4-14,22H,3,15-16H2,1-2H3. The maximum absolute atomic E-state index is 6.07. The van der Waals surface area contributed by atoms with Crippen molar-refractivity contribution in [2.45, 2.75) is 31.7 Å². The summed E-state index contributed by atoms with van der Waals surface area (Å²) in [5.74, 6) is 0.853. The van der Waals surface area contributed by atoms with Gasteiger partial charge in [-0.15, -0.1) is 0 Å². The molecule has 0 N–H and O–H groups in total. The monoisotopic (exact) mass is 348 g/mol. The van der Waals surface area contributed by atoms with E-state index < -0.39 is 0 Å². The molecule has 0 bridgehead atoms. The Morgan fingerprint density at radius 1 is 1.00 bits per heavy atom. The van der Waals surface area contributed by atoms with Gasteiger partial charge in [-0.2, -0.15) is 0 Å². The maximum atomic E-state index is 6.07. The molecule has 0 aromatic heterocycles. The van der Waals surface area contributed by atoms with Gasteiger partial charge in [0.05, 0.1) is 6.61 Å². The van der Waals surface area contributed by atoms with Crippen LogP contribution in [0.5, 0.6) is 5.75 Å². The highest BCUT2D eigenvalue weighted by atomic mass is 16.6. The van der Waals surface area contributed by atoms with Gasteiger partial charge in [0, 0.05) is 7.11 Å². The van der Waals surface area contributed by atoms with E-state index in [4.69, 9.17) is 14.2 Å². The van der Waals surface area contributed by atoms with Gasteiger partial charge in [0.1, 0.15) is 24.1 Å². The molecule has 0 saturated carbocycles. The summed E-state index contributed by atoms with van der Waals surface area (Å²) in [5, 5.41) is 2.48. The smallest absolute Gasteiger partial charge is 0.121 e. The summed E-state index contributed by atoms with van der Waals surface area (Å²) >= 11 is 0. The molecule has 0 amide bonds. The van der Waals surface area contributed by atoms with Crippen molar-refractivity contribution in [3.8, 4) is 5.75 Å². The summed E-state index contributed by atoms with van der Waals surface area (Å²) in [4.78, 5) is 0. The molecule has 2 atom stereocenters. The Balaban J connectivity index is 1.53. The van der Waals surface area contributed by atoms with Crippen LogP contribution < -0.4 is 4.74 Å². The van der Waals surface area contributed by atoms with Crippen LogP contribution in [0.4, 0.5) is 0 Å². The average Bonchev–Trinajstić information content (AvgIpc) is 3.54.